The van der Waals surface area contributed by atoms with Crippen LogP contribution in [0.1, 0.15) is 38.7 Å². The van der Waals surface area contributed by atoms with Gasteiger partial charge in [-0.2, -0.15) is 0 Å². The number of hydrogen-bond acceptors (Lipinski definition) is 7. The predicted molar refractivity (Wildman–Crippen MR) is 122 cm³/mol. The lowest BCUT2D eigenvalue weighted by Gasteiger charge is -2.14. The molecule has 0 unspecified atom stereocenters. The minimum atomic E-state index is -0.251. The molecule has 0 atom stereocenters. The summed E-state index contributed by atoms with van der Waals surface area (Å²) in [6, 6.07) is 3.68. The van der Waals surface area contributed by atoms with E-state index in [0.29, 0.717) is 46.9 Å². The van der Waals surface area contributed by atoms with Crippen LogP contribution in [0, 0.1) is 0 Å². The van der Waals surface area contributed by atoms with Gasteiger partial charge in [-0.3, -0.25) is 14.5 Å². The van der Waals surface area contributed by atoms with Gasteiger partial charge in [0.05, 0.1) is 29.7 Å². The van der Waals surface area contributed by atoms with Gasteiger partial charge in [-0.1, -0.05) is 30.9 Å². The molecule has 1 saturated heterocycles. The Labute approximate surface area is 189 Å². The number of benzene rings is 1. The molecule has 1 aliphatic rings. The molecule has 1 aromatic carbocycles. The van der Waals surface area contributed by atoms with Crippen molar-refractivity contribution >= 4 is 62.2 Å². The number of thiocarbonyl (C=S) groups is 1. The SMILES string of the molecule is CCCOC(=O)CCCN1C(=O)/C(=C/c2cc(Br)c(OCC)c(OC)c2)SC1=S. The smallest absolute Gasteiger partial charge is 0.305 e. The minimum absolute atomic E-state index is 0.161. The van der Waals surface area contributed by atoms with Crippen LogP contribution in [0.2, 0.25) is 0 Å². The average molecular weight is 502 g/mol. The van der Waals surface area contributed by atoms with E-state index in [1.54, 1.807) is 13.2 Å². The van der Waals surface area contributed by atoms with E-state index in [1.165, 1.54) is 16.7 Å². The van der Waals surface area contributed by atoms with Crippen molar-refractivity contribution in [2.24, 2.45) is 0 Å². The summed E-state index contributed by atoms with van der Waals surface area (Å²) in [5.41, 5.74) is 0.792. The van der Waals surface area contributed by atoms with Crippen LogP contribution in [0.15, 0.2) is 21.5 Å². The van der Waals surface area contributed by atoms with Crippen molar-refractivity contribution < 1.29 is 23.8 Å². The van der Waals surface area contributed by atoms with Crippen LogP contribution in [0.4, 0.5) is 0 Å². The quantitative estimate of drug-likeness (QED) is 0.259. The van der Waals surface area contributed by atoms with Gasteiger partial charge in [0.15, 0.2) is 11.5 Å². The first-order valence-corrected chi connectivity index (χ1v) is 11.3. The Bertz CT molecular complexity index is 812. The van der Waals surface area contributed by atoms with Crippen molar-refractivity contribution in [3.8, 4) is 11.5 Å². The second-order valence-electron chi connectivity index (χ2n) is 6.12. The number of amides is 1. The Morgan fingerprint density at radius 1 is 1.34 bits per heavy atom. The maximum absolute atomic E-state index is 12.7. The topological polar surface area (TPSA) is 65.1 Å². The summed E-state index contributed by atoms with van der Waals surface area (Å²) in [7, 11) is 1.57. The molecule has 6 nitrogen and oxygen atoms in total. The third kappa shape index (κ3) is 6.45. The van der Waals surface area contributed by atoms with Gasteiger partial charge in [0.25, 0.3) is 5.91 Å². The second kappa shape index (κ2) is 11.6. The van der Waals surface area contributed by atoms with Gasteiger partial charge in [-0.15, -0.1) is 0 Å². The van der Waals surface area contributed by atoms with Gasteiger partial charge in [-0.05, 0) is 59.5 Å². The van der Waals surface area contributed by atoms with Crippen LogP contribution >= 0.6 is 39.9 Å². The van der Waals surface area contributed by atoms with Crippen LogP contribution in [0.3, 0.4) is 0 Å². The molecule has 1 heterocycles. The Balaban J connectivity index is 2.07. The first-order valence-electron chi connectivity index (χ1n) is 9.32. The Hall–Kier alpha value is -1.58. The van der Waals surface area contributed by atoms with Crippen molar-refractivity contribution in [2.75, 3.05) is 26.9 Å². The molecule has 29 heavy (non-hydrogen) atoms. The largest absolute Gasteiger partial charge is 0.493 e. The molecule has 0 spiro atoms. The van der Waals surface area contributed by atoms with E-state index >= 15 is 0 Å². The number of thioether (sulfide) groups is 1. The summed E-state index contributed by atoms with van der Waals surface area (Å²) in [6.45, 7) is 5.16. The molecule has 0 aliphatic carbocycles. The molecule has 158 valence electrons. The molecule has 0 aromatic heterocycles. The van der Waals surface area contributed by atoms with Gasteiger partial charge in [0, 0.05) is 13.0 Å². The summed E-state index contributed by atoms with van der Waals surface area (Å²) in [6.07, 6.45) is 3.33. The van der Waals surface area contributed by atoms with Gasteiger partial charge in [0.1, 0.15) is 4.32 Å². The monoisotopic (exact) mass is 501 g/mol. The molecule has 1 aliphatic heterocycles. The van der Waals surface area contributed by atoms with Crippen molar-refractivity contribution in [3.05, 3.63) is 27.1 Å². The normalized spacial score (nSPS) is 15.2. The van der Waals surface area contributed by atoms with E-state index in [1.807, 2.05) is 26.0 Å². The maximum atomic E-state index is 12.7. The zero-order valence-electron chi connectivity index (χ0n) is 16.7. The zero-order chi connectivity index (χ0) is 21.4. The zero-order valence-corrected chi connectivity index (χ0v) is 19.9. The van der Waals surface area contributed by atoms with E-state index in [4.69, 9.17) is 26.4 Å². The highest BCUT2D eigenvalue weighted by molar-refractivity contribution is 9.10. The number of rotatable bonds is 10. The van der Waals surface area contributed by atoms with Crippen LogP contribution in [0.25, 0.3) is 6.08 Å². The Kier molecular flexibility index (Phi) is 9.45. The molecular weight excluding hydrogens is 478 g/mol. The van der Waals surface area contributed by atoms with Crippen LogP contribution in [-0.4, -0.2) is 48.0 Å². The molecule has 1 aromatic rings. The first-order chi connectivity index (χ1) is 13.9. The number of carbonyl (C=O) groups is 2. The van der Waals surface area contributed by atoms with Gasteiger partial charge >= 0.3 is 5.97 Å². The highest BCUT2D eigenvalue weighted by Gasteiger charge is 2.31. The summed E-state index contributed by atoms with van der Waals surface area (Å²) in [5, 5.41) is 0. The van der Waals surface area contributed by atoms with Crippen LogP contribution in [0.5, 0.6) is 11.5 Å². The molecule has 9 heteroatoms. The molecular formula is C20H24BrNO5S2. The highest BCUT2D eigenvalue weighted by Crippen LogP contribution is 2.39. The average Bonchev–Trinajstić information content (AvgIpc) is 2.95. The van der Waals surface area contributed by atoms with E-state index in [9.17, 15) is 9.59 Å². The fourth-order valence-corrected chi connectivity index (χ4v) is 4.50. The summed E-state index contributed by atoms with van der Waals surface area (Å²) in [5.74, 6) is 0.785. The minimum Gasteiger partial charge on any atom is -0.493 e. The lowest BCUT2D eigenvalue weighted by atomic mass is 10.2. The molecule has 0 bridgehead atoms. The molecule has 0 radical (unpaired) electrons. The van der Waals surface area contributed by atoms with E-state index in [0.717, 1.165) is 16.5 Å². The van der Waals surface area contributed by atoms with E-state index in [-0.39, 0.29) is 18.3 Å². The fraction of sp³-hybridized carbons (Fsp3) is 0.450. The number of nitrogens with zero attached hydrogens (tertiary/aromatic N) is 1. The van der Waals surface area contributed by atoms with E-state index in [2.05, 4.69) is 15.9 Å². The maximum Gasteiger partial charge on any atom is 0.305 e. The van der Waals surface area contributed by atoms with Crippen molar-refractivity contribution in [1.82, 2.24) is 4.90 Å². The standard InChI is InChI=1S/C20H24BrNO5S2/c1-4-9-27-17(23)7-6-8-22-19(24)16(29-20(22)28)12-13-10-14(21)18(26-5-2)15(11-13)25-3/h10-12H,4-9H2,1-3H3/b16-12-. The lowest BCUT2D eigenvalue weighted by molar-refractivity contribution is -0.144. The summed E-state index contributed by atoms with van der Waals surface area (Å²) < 4.78 is 17.3. The van der Waals surface area contributed by atoms with Crippen molar-refractivity contribution in [3.63, 3.8) is 0 Å². The molecule has 2 rings (SSSR count). The number of ether oxygens (including phenoxy) is 3. The first kappa shape index (κ1) is 23.7. The number of hydrogen-bond donors (Lipinski definition) is 0. The van der Waals surface area contributed by atoms with Gasteiger partial charge in [0.2, 0.25) is 0 Å². The van der Waals surface area contributed by atoms with Crippen LogP contribution < -0.4 is 9.47 Å². The summed E-state index contributed by atoms with van der Waals surface area (Å²) in [4.78, 5) is 26.4. The lowest BCUT2D eigenvalue weighted by Crippen LogP contribution is -2.29. The molecule has 0 saturated carbocycles. The number of esters is 1. The Morgan fingerprint density at radius 2 is 2.10 bits per heavy atom. The third-order valence-corrected chi connectivity index (χ3v) is 5.91. The number of methoxy groups -OCH3 is 1. The fourth-order valence-electron chi connectivity index (χ4n) is 2.62. The van der Waals surface area contributed by atoms with Gasteiger partial charge in [-0.25, -0.2) is 0 Å². The number of carbonyl (C=O) groups excluding carboxylic acids is 2. The third-order valence-electron chi connectivity index (χ3n) is 3.94. The molecule has 1 fully saturated rings. The van der Waals surface area contributed by atoms with Gasteiger partial charge < -0.3 is 14.2 Å². The summed E-state index contributed by atoms with van der Waals surface area (Å²) >= 11 is 10.1. The molecule has 1 amide bonds. The van der Waals surface area contributed by atoms with E-state index < -0.39 is 0 Å². The molecule has 0 N–H and O–H groups in total. The second-order valence-corrected chi connectivity index (χ2v) is 8.65. The van der Waals surface area contributed by atoms with Crippen LogP contribution in [-0.2, 0) is 14.3 Å². The highest BCUT2D eigenvalue weighted by atomic mass is 79.9. The van der Waals surface area contributed by atoms with Crippen molar-refractivity contribution in [1.29, 1.82) is 0 Å². The number of halogens is 1. The predicted octanol–water partition coefficient (Wildman–Crippen LogP) is 4.79. The Morgan fingerprint density at radius 3 is 2.76 bits per heavy atom. The van der Waals surface area contributed by atoms with Crippen molar-refractivity contribution in [2.45, 2.75) is 33.1 Å².